The molecule has 1 saturated heterocycles. The smallest absolute Gasteiger partial charge is 0.288 e. The summed E-state index contributed by atoms with van der Waals surface area (Å²) in [6, 6.07) is 12.5. The van der Waals surface area contributed by atoms with Crippen LogP contribution in [0.3, 0.4) is 0 Å². The number of amides is 1. The lowest BCUT2D eigenvalue weighted by molar-refractivity contribution is -0.384. The average molecular weight is 486 g/mol. The first kappa shape index (κ1) is 23.1. The number of benzene rings is 2. The van der Waals surface area contributed by atoms with Crippen LogP contribution in [0.25, 0.3) is 0 Å². The Morgan fingerprint density at radius 3 is 2.67 bits per heavy atom. The van der Waals surface area contributed by atoms with Gasteiger partial charge in [-0.2, -0.15) is 4.37 Å². The number of nitrogens with zero attached hydrogens (tertiary/aromatic N) is 4. The van der Waals surface area contributed by atoms with Crippen LogP contribution in [0.5, 0.6) is 0 Å². The van der Waals surface area contributed by atoms with Gasteiger partial charge in [0, 0.05) is 49.2 Å². The average Bonchev–Trinajstić information content (AvgIpc) is 3.28. The fourth-order valence-corrected chi connectivity index (χ4v) is 4.72. The monoisotopic (exact) mass is 485 g/mol. The van der Waals surface area contributed by atoms with Crippen LogP contribution in [0, 0.1) is 23.0 Å². The molecule has 1 amide bonds. The van der Waals surface area contributed by atoms with E-state index < -0.39 is 4.92 Å². The first-order valence-electron chi connectivity index (χ1n) is 10.7. The third-order valence-electron chi connectivity index (χ3n) is 5.78. The highest BCUT2D eigenvalue weighted by atomic mass is 35.5. The Bertz CT molecular complexity index is 1140. The molecule has 1 aromatic heterocycles. The minimum absolute atomic E-state index is 0.0163. The number of piperidine rings is 1. The Morgan fingerprint density at radius 1 is 1.24 bits per heavy atom. The predicted octanol–water partition coefficient (Wildman–Crippen LogP) is 4.65. The molecule has 0 radical (unpaired) electrons. The van der Waals surface area contributed by atoms with Gasteiger partial charge in [0.15, 0.2) is 0 Å². The highest BCUT2D eigenvalue weighted by molar-refractivity contribution is 7.09. The molecule has 10 heteroatoms. The van der Waals surface area contributed by atoms with Crippen molar-refractivity contribution in [3.63, 3.8) is 0 Å². The van der Waals surface area contributed by atoms with Crippen molar-refractivity contribution in [2.24, 2.45) is 5.92 Å². The van der Waals surface area contributed by atoms with E-state index in [9.17, 15) is 14.9 Å². The number of aryl methyl sites for hydroxylation is 1. The van der Waals surface area contributed by atoms with Crippen LogP contribution in [-0.4, -0.2) is 39.8 Å². The van der Waals surface area contributed by atoms with E-state index in [-0.39, 0.29) is 22.2 Å². The lowest BCUT2D eigenvalue weighted by Crippen LogP contribution is -2.38. The maximum absolute atomic E-state index is 12.4. The van der Waals surface area contributed by atoms with E-state index in [1.165, 1.54) is 40.9 Å². The van der Waals surface area contributed by atoms with E-state index >= 15 is 0 Å². The zero-order chi connectivity index (χ0) is 23.4. The fourth-order valence-electron chi connectivity index (χ4n) is 3.79. The Balaban J connectivity index is 1.26. The van der Waals surface area contributed by atoms with Gasteiger partial charge in [-0.1, -0.05) is 41.4 Å². The number of carbonyl (C=O) groups is 1. The summed E-state index contributed by atoms with van der Waals surface area (Å²) >= 11 is 7.25. The van der Waals surface area contributed by atoms with Crippen LogP contribution < -0.4 is 10.2 Å². The van der Waals surface area contributed by atoms with E-state index in [1.807, 2.05) is 0 Å². The van der Waals surface area contributed by atoms with Crippen LogP contribution >= 0.6 is 23.1 Å². The SMILES string of the molecule is Cc1ccc(Cc2nsc(N3CCC(CNC(=O)c4ccc(Cl)c([N+](=O)[O-])c4)CC3)n2)cc1. The third-order valence-corrected chi connectivity index (χ3v) is 6.92. The van der Waals surface area contributed by atoms with Gasteiger partial charge < -0.3 is 10.2 Å². The summed E-state index contributed by atoms with van der Waals surface area (Å²) in [6.07, 6.45) is 2.57. The summed E-state index contributed by atoms with van der Waals surface area (Å²) in [7, 11) is 0. The molecule has 1 aliphatic rings. The quantitative estimate of drug-likeness (QED) is 0.386. The van der Waals surface area contributed by atoms with Gasteiger partial charge in [-0.15, -0.1) is 0 Å². The summed E-state index contributed by atoms with van der Waals surface area (Å²) in [5.41, 5.74) is 2.40. The Kier molecular flexibility index (Phi) is 7.20. The second kappa shape index (κ2) is 10.3. The number of halogens is 1. The summed E-state index contributed by atoms with van der Waals surface area (Å²) in [5.74, 6) is 0.847. The van der Waals surface area contributed by atoms with E-state index in [0.717, 1.165) is 43.3 Å². The molecule has 33 heavy (non-hydrogen) atoms. The molecule has 2 heterocycles. The molecule has 0 atom stereocenters. The molecule has 172 valence electrons. The molecule has 0 unspecified atom stereocenters. The van der Waals surface area contributed by atoms with E-state index in [2.05, 4.69) is 45.8 Å². The molecule has 2 aromatic carbocycles. The highest BCUT2D eigenvalue weighted by Gasteiger charge is 2.23. The van der Waals surface area contributed by atoms with Crippen LogP contribution in [0.4, 0.5) is 10.8 Å². The van der Waals surface area contributed by atoms with E-state index in [1.54, 1.807) is 0 Å². The molecule has 1 aliphatic heterocycles. The van der Waals surface area contributed by atoms with Crippen molar-refractivity contribution >= 4 is 39.9 Å². The van der Waals surface area contributed by atoms with Crippen molar-refractivity contribution < 1.29 is 9.72 Å². The summed E-state index contributed by atoms with van der Waals surface area (Å²) < 4.78 is 4.52. The van der Waals surface area contributed by atoms with Gasteiger partial charge >= 0.3 is 0 Å². The van der Waals surface area contributed by atoms with Crippen LogP contribution in [0.1, 0.15) is 40.2 Å². The number of carbonyl (C=O) groups excluding carboxylic acids is 1. The number of rotatable bonds is 7. The normalized spacial score (nSPS) is 14.3. The summed E-state index contributed by atoms with van der Waals surface area (Å²) in [4.78, 5) is 29.8. The third kappa shape index (κ3) is 5.85. The largest absolute Gasteiger partial charge is 0.352 e. The first-order valence-corrected chi connectivity index (χ1v) is 11.9. The van der Waals surface area contributed by atoms with Crippen LogP contribution in [-0.2, 0) is 6.42 Å². The molecule has 0 saturated carbocycles. The van der Waals surface area contributed by atoms with Gasteiger partial charge in [0.2, 0.25) is 5.13 Å². The van der Waals surface area contributed by atoms with Gasteiger partial charge in [-0.3, -0.25) is 14.9 Å². The van der Waals surface area contributed by atoms with Gasteiger partial charge in [0.1, 0.15) is 10.8 Å². The van der Waals surface area contributed by atoms with Crippen molar-refractivity contribution in [1.82, 2.24) is 14.7 Å². The van der Waals surface area contributed by atoms with E-state index in [4.69, 9.17) is 16.6 Å². The topological polar surface area (TPSA) is 101 Å². The van der Waals surface area contributed by atoms with Crippen molar-refractivity contribution in [3.8, 4) is 0 Å². The number of nitrogens with one attached hydrogen (secondary N) is 1. The van der Waals surface area contributed by atoms with Gasteiger partial charge in [0.25, 0.3) is 11.6 Å². The maximum atomic E-state index is 12.4. The summed E-state index contributed by atoms with van der Waals surface area (Å²) in [5, 5.41) is 14.9. The second-order valence-corrected chi connectivity index (χ2v) is 9.36. The molecular weight excluding hydrogens is 462 g/mol. The molecule has 0 bridgehead atoms. The van der Waals surface area contributed by atoms with E-state index in [0.29, 0.717) is 12.5 Å². The Hall–Kier alpha value is -3.04. The van der Waals surface area contributed by atoms with Crippen molar-refractivity contribution in [3.05, 3.63) is 80.1 Å². The number of hydrogen-bond acceptors (Lipinski definition) is 7. The summed E-state index contributed by atoms with van der Waals surface area (Å²) in [6.45, 7) is 4.30. The van der Waals surface area contributed by atoms with Gasteiger partial charge in [-0.25, -0.2) is 4.98 Å². The van der Waals surface area contributed by atoms with Crippen molar-refractivity contribution in [2.75, 3.05) is 24.5 Å². The molecule has 3 aromatic rings. The molecule has 0 aliphatic carbocycles. The Labute approximate surface area is 200 Å². The van der Waals surface area contributed by atoms with Crippen molar-refractivity contribution in [1.29, 1.82) is 0 Å². The number of nitro groups is 1. The molecule has 8 nitrogen and oxygen atoms in total. The zero-order valence-corrected chi connectivity index (χ0v) is 19.7. The number of nitro benzene ring substituents is 1. The van der Waals surface area contributed by atoms with Crippen LogP contribution in [0.2, 0.25) is 5.02 Å². The Morgan fingerprint density at radius 2 is 1.97 bits per heavy atom. The molecule has 0 spiro atoms. The molecular formula is C23H24ClN5O3S. The number of hydrogen-bond donors (Lipinski definition) is 1. The van der Waals surface area contributed by atoms with Crippen molar-refractivity contribution in [2.45, 2.75) is 26.2 Å². The zero-order valence-electron chi connectivity index (χ0n) is 18.2. The predicted molar refractivity (Wildman–Crippen MR) is 129 cm³/mol. The highest BCUT2D eigenvalue weighted by Crippen LogP contribution is 2.26. The van der Waals surface area contributed by atoms with Gasteiger partial charge in [0.05, 0.1) is 4.92 Å². The lowest BCUT2D eigenvalue weighted by Gasteiger charge is -2.31. The molecule has 1 N–H and O–H groups in total. The molecule has 4 rings (SSSR count). The fraction of sp³-hybridized carbons (Fsp3) is 0.348. The van der Waals surface area contributed by atoms with Gasteiger partial charge in [-0.05, 0) is 43.4 Å². The first-order chi connectivity index (χ1) is 15.9. The minimum Gasteiger partial charge on any atom is -0.352 e. The minimum atomic E-state index is -0.589. The standard InChI is InChI=1S/C23H24ClN5O3S/c1-15-2-4-16(5-3-15)12-21-26-23(33-27-21)28-10-8-17(9-11-28)14-25-22(30)18-6-7-19(24)20(13-18)29(31)32/h2-7,13,17H,8-12,14H2,1H3,(H,25,30). The number of aromatic nitrogens is 2. The lowest BCUT2D eigenvalue weighted by atomic mass is 9.97. The number of anilines is 1. The van der Waals surface area contributed by atoms with Crippen LogP contribution in [0.15, 0.2) is 42.5 Å². The maximum Gasteiger partial charge on any atom is 0.288 e. The second-order valence-electron chi connectivity index (χ2n) is 8.22. The molecule has 1 fully saturated rings.